The second kappa shape index (κ2) is 5.22. The predicted molar refractivity (Wildman–Crippen MR) is 69.4 cm³/mol. The fourth-order valence-corrected chi connectivity index (χ4v) is 4.62. The number of thiophene rings is 1. The third-order valence-electron chi connectivity index (χ3n) is 2.09. The molecule has 17 heavy (non-hydrogen) atoms. The van der Waals surface area contributed by atoms with E-state index < -0.39 is 22.5 Å². The van der Waals surface area contributed by atoms with Gasteiger partial charge >= 0.3 is 0 Å². The number of alkyl halides is 2. The molecule has 1 aromatic rings. The Bertz CT molecular complexity index is 479. The van der Waals surface area contributed by atoms with E-state index in [1.807, 2.05) is 0 Å². The molecule has 1 atom stereocenters. The SMILES string of the molecule is Fc1scc(Cl)c1C[SH]1C=C(C(F)F)N=C1Cl. The molecule has 0 fully saturated rings. The normalized spacial score (nSPS) is 21.9. The summed E-state index contributed by atoms with van der Waals surface area (Å²) in [6.45, 7) is 0. The summed E-state index contributed by atoms with van der Waals surface area (Å²) in [7, 11) is -1.21. The van der Waals surface area contributed by atoms with Crippen molar-refractivity contribution in [2.75, 3.05) is 0 Å². The zero-order valence-corrected chi connectivity index (χ0v) is 11.4. The number of allylic oxidation sites excluding steroid dienone is 1. The summed E-state index contributed by atoms with van der Waals surface area (Å²) in [5.74, 6) is 0.210. The Morgan fingerprint density at radius 1 is 1.41 bits per heavy atom. The van der Waals surface area contributed by atoms with Gasteiger partial charge in [-0.05, 0) is 5.41 Å². The van der Waals surface area contributed by atoms with Crippen molar-refractivity contribution in [2.45, 2.75) is 12.2 Å². The summed E-state index contributed by atoms with van der Waals surface area (Å²) in [5, 5.41) is 2.69. The van der Waals surface area contributed by atoms with Crippen LogP contribution in [0.4, 0.5) is 13.2 Å². The lowest BCUT2D eigenvalue weighted by Crippen LogP contribution is -1.90. The van der Waals surface area contributed by atoms with Crippen molar-refractivity contribution in [1.82, 2.24) is 0 Å². The largest absolute Gasteiger partial charge is 0.280 e. The smallest absolute Gasteiger partial charge is 0.229 e. The van der Waals surface area contributed by atoms with Gasteiger partial charge in [0.25, 0.3) is 6.43 Å². The first-order valence-corrected chi connectivity index (χ1v) is 7.64. The lowest BCUT2D eigenvalue weighted by Gasteiger charge is -2.10. The minimum Gasteiger partial charge on any atom is -0.229 e. The van der Waals surface area contributed by atoms with Crippen molar-refractivity contribution in [3.63, 3.8) is 0 Å². The van der Waals surface area contributed by atoms with Crippen LogP contribution in [0.2, 0.25) is 5.02 Å². The predicted octanol–water partition coefficient (Wildman–Crippen LogP) is 4.76. The molecule has 1 aliphatic heterocycles. The minimum atomic E-state index is -2.65. The van der Waals surface area contributed by atoms with Gasteiger partial charge in [-0.1, -0.05) is 23.2 Å². The molecular formula is C9H6Cl2F3NS2. The molecule has 0 amide bonds. The van der Waals surface area contributed by atoms with E-state index in [1.165, 1.54) is 10.8 Å². The molecule has 8 heteroatoms. The Balaban J connectivity index is 2.19. The molecule has 0 saturated heterocycles. The molecule has 0 N–H and O–H groups in total. The lowest BCUT2D eigenvalue weighted by atomic mass is 10.4. The molecular weight excluding hydrogens is 314 g/mol. The summed E-state index contributed by atoms with van der Waals surface area (Å²) in [4.78, 5) is 3.57. The molecule has 1 unspecified atom stereocenters. The molecule has 0 aliphatic carbocycles. The first kappa shape index (κ1) is 13.3. The van der Waals surface area contributed by atoms with E-state index in [1.54, 1.807) is 0 Å². The lowest BCUT2D eigenvalue weighted by molar-refractivity contribution is 0.189. The highest BCUT2D eigenvalue weighted by molar-refractivity contribution is 8.34. The Morgan fingerprint density at radius 3 is 2.59 bits per heavy atom. The summed E-state index contributed by atoms with van der Waals surface area (Å²) in [6.07, 6.45) is -2.65. The molecule has 0 saturated carbocycles. The number of halogens is 5. The second-order valence-corrected chi connectivity index (χ2v) is 7.00. The van der Waals surface area contributed by atoms with E-state index in [0.29, 0.717) is 10.6 Å². The molecule has 0 bridgehead atoms. The minimum absolute atomic E-state index is 0.108. The van der Waals surface area contributed by atoms with E-state index in [9.17, 15) is 13.2 Å². The van der Waals surface area contributed by atoms with Crippen molar-refractivity contribution in [1.29, 1.82) is 0 Å². The Kier molecular flexibility index (Phi) is 4.07. The van der Waals surface area contributed by atoms with Gasteiger partial charge in [0.1, 0.15) is 10.2 Å². The highest BCUT2D eigenvalue weighted by atomic mass is 35.5. The molecule has 0 spiro atoms. The van der Waals surface area contributed by atoms with Gasteiger partial charge in [0.15, 0.2) is 5.13 Å². The van der Waals surface area contributed by atoms with Crippen LogP contribution >= 0.6 is 45.4 Å². The Hall–Kier alpha value is -0.170. The topological polar surface area (TPSA) is 12.4 Å². The first-order valence-electron chi connectivity index (χ1n) is 4.41. The van der Waals surface area contributed by atoms with Crippen LogP contribution in [0.25, 0.3) is 0 Å². The standard InChI is InChI=1S/C9H6Cl2F3NS2/c10-5-1-16-8(14)4(5)2-17-3-6(7(12)13)15-9(17)11/h1,3,7,17H,2H2. The van der Waals surface area contributed by atoms with Gasteiger partial charge in [0.05, 0.1) is 5.02 Å². The zero-order valence-electron chi connectivity index (χ0n) is 8.13. The third kappa shape index (κ3) is 2.81. The maximum absolute atomic E-state index is 13.3. The van der Waals surface area contributed by atoms with Gasteiger partial charge in [-0.25, -0.2) is 13.8 Å². The average Bonchev–Trinajstić information content (AvgIpc) is 2.77. The number of hydrogen-bond donors (Lipinski definition) is 1. The van der Waals surface area contributed by atoms with E-state index in [2.05, 4.69) is 4.99 Å². The van der Waals surface area contributed by atoms with Crippen LogP contribution in [0.15, 0.2) is 21.5 Å². The number of thiol groups is 1. The molecule has 1 nitrogen and oxygen atoms in total. The summed E-state index contributed by atoms with van der Waals surface area (Å²) < 4.78 is 38.3. The Morgan fingerprint density at radius 2 is 2.12 bits per heavy atom. The van der Waals surface area contributed by atoms with Crippen molar-refractivity contribution in [2.24, 2.45) is 4.99 Å². The molecule has 0 aromatic carbocycles. The third-order valence-corrected chi connectivity index (χ3v) is 5.91. The number of nitrogens with zero attached hydrogens (tertiary/aromatic N) is 1. The van der Waals surface area contributed by atoms with Gasteiger partial charge in [-0.3, -0.25) is 0 Å². The van der Waals surface area contributed by atoms with Crippen molar-refractivity contribution < 1.29 is 13.2 Å². The van der Waals surface area contributed by atoms with Crippen molar-refractivity contribution >= 4 is 49.9 Å². The molecule has 2 heterocycles. The van der Waals surface area contributed by atoms with Gasteiger partial charge in [-0.15, -0.1) is 11.3 Å². The second-order valence-electron chi connectivity index (χ2n) is 3.20. The van der Waals surface area contributed by atoms with Crippen molar-refractivity contribution in [3.8, 4) is 0 Å². The van der Waals surface area contributed by atoms with Crippen LogP contribution in [0.3, 0.4) is 0 Å². The van der Waals surface area contributed by atoms with E-state index in [4.69, 9.17) is 23.2 Å². The summed E-state index contributed by atoms with van der Waals surface area (Å²) >= 11 is 12.5. The van der Waals surface area contributed by atoms with Crippen LogP contribution < -0.4 is 0 Å². The van der Waals surface area contributed by atoms with Gasteiger partial charge in [0, 0.05) is 16.7 Å². The zero-order chi connectivity index (χ0) is 12.6. The Labute approximate surface area is 112 Å². The number of aliphatic imine (C=N–C) groups is 1. The van der Waals surface area contributed by atoms with Crippen LogP contribution in [-0.2, 0) is 5.75 Å². The monoisotopic (exact) mass is 319 g/mol. The highest BCUT2D eigenvalue weighted by Crippen LogP contribution is 2.45. The van der Waals surface area contributed by atoms with Crippen molar-refractivity contribution in [3.05, 3.63) is 32.2 Å². The van der Waals surface area contributed by atoms with Gasteiger partial charge in [-0.2, -0.15) is 15.3 Å². The molecule has 0 radical (unpaired) electrons. The van der Waals surface area contributed by atoms with Gasteiger partial charge < -0.3 is 0 Å². The molecule has 2 rings (SSSR count). The van der Waals surface area contributed by atoms with E-state index >= 15 is 0 Å². The average molecular weight is 320 g/mol. The quantitative estimate of drug-likeness (QED) is 0.771. The van der Waals surface area contributed by atoms with Gasteiger partial charge in [0.2, 0.25) is 0 Å². The van der Waals surface area contributed by atoms with Crippen LogP contribution in [0.1, 0.15) is 5.56 Å². The summed E-state index contributed by atoms with van der Waals surface area (Å²) in [5.41, 5.74) is -0.0178. The van der Waals surface area contributed by atoms with E-state index in [0.717, 1.165) is 11.3 Å². The summed E-state index contributed by atoms with van der Waals surface area (Å²) in [6, 6.07) is 0. The number of hydrogen-bond acceptors (Lipinski definition) is 2. The number of rotatable bonds is 3. The fourth-order valence-electron chi connectivity index (χ4n) is 1.28. The highest BCUT2D eigenvalue weighted by Gasteiger charge is 2.24. The van der Waals surface area contributed by atoms with Crippen LogP contribution in [0, 0.1) is 5.13 Å². The first-order chi connectivity index (χ1) is 7.99. The molecule has 94 valence electrons. The van der Waals surface area contributed by atoms with Crippen LogP contribution in [0.5, 0.6) is 0 Å². The van der Waals surface area contributed by atoms with Crippen LogP contribution in [-0.4, -0.2) is 10.9 Å². The molecule has 1 aromatic heterocycles. The maximum atomic E-state index is 13.3. The fraction of sp³-hybridized carbons (Fsp3) is 0.222. The maximum Gasteiger partial charge on any atom is 0.280 e. The molecule has 1 aliphatic rings. The van der Waals surface area contributed by atoms with E-state index in [-0.39, 0.29) is 16.0 Å².